The first-order chi connectivity index (χ1) is 8.26. The van der Waals surface area contributed by atoms with Crippen molar-refractivity contribution in [3.05, 3.63) is 0 Å². The van der Waals surface area contributed by atoms with Crippen LogP contribution in [0.5, 0.6) is 0 Å². The monoisotopic (exact) mass is 238 g/mol. The van der Waals surface area contributed by atoms with Crippen LogP contribution in [0.3, 0.4) is 0 Å². The lowest BCUT2D eigenvalue weighted by molar-refractivity contribution is 0.0905. The minimum Gasteiger partial charge on any atom is -0.0654 e. The van der Waals surface area contributed by atoms with E-state index in [9.17, 15) is 0 Å². The Labute approximate surface area is 110 Å². The van der Waals surface area contributed by atoms with E-state index >= 15 is 0 Å². The van der Waals surface area contributed by atoms with Crippen molar-refractivity contribution in [1.82, 2.24) is 0 Å². The van der Waals surface area contributed by atoms with Crippen LogP contribution >= 0.6 is 0 Å². The summed E-state index contributed by atoms with van der Waals surface area (Å²) in [5.74, 6) is 1.03. The lowest BCUT2D eigenvalue weighted by atomic mass is 9.62. The Bertz CT molecular complexity index is 172. The van der Waals surface area contributed by atoms with Crippen LogP contribution in [-0.2, 0) is 0 Å². The molecule has 0 radical (unpaired) electrons. The SMILES string of the molecule is CCCCC1(CCC(CCC)CCC)CCC1. The number of rotatable bonds is 10. The van der Waals surface area contributed by atoms with Gasteiger partial charge < -0.3 is 0 Å². The zero-order valence-corrected chi connectivity index (χ0v) is 12.6. The molecule has 0 aromatic rings. The largest absolute Gasteiger partial charge is 0.0654 e. The van der Waals surface area contributed by atoms with Crippen LogP contribution in [0, 0.1) is 11.3 Å². The van der Waals surface area contributed by atoms with Crippen LogP contribution < -0.4 is 0 Å². The maximum atomic E-state index is 2.35. The van der Waals surface area contributed by atoms with Crippen LogP contribution in [-0.4, -0.2) is 0 Å². The van der Waals surface area contributed by atoms with E-state index in [1.165, 1.54) is 77.0 Å². The summed E-state index contributed by atoms with van der Waals surface area (Å²) in [5, 5.41) is 0. The molecule has 0 aromatic carbocycles. The Morgan fingerprint density at radius 1 is 0.824 bits per heavy atom. The summed E-state index contributed by atoms with van der Waals surface area (Å²) in [4.78, 5) is 0. The molecule has 0 unspecified atom stereocenters. The predicted molar refractivity (Wildman–Crippen MR) is 78.3 cm³/mol. The predicted octanol–water partition coefficient (Wildman–Crippen LogP) is 6.34. The molecule has 0 heterocycles. The van der Waals surface area contributed by atoms with Crippen molar-refractivity contribution in [2.75, 3.05) is 0 Å². The molecular formula is C17H34. The Hall–Kier alpha value is 0. The van der Waals surface area contributed by atoms with Gasteiger partial charge >= 0.3 is 0 Å². The molecule has 0 bridgehead atoms. The zero-order valence-electron chi connectivity index (χ0n) is 12.6. The third kappa shape index (κ3) is 5.02. The summed E-state index contributed by atoms with van der Waals surface area (Å²) >= 11 is 0. The van der Waals surface area contributed by atoms with Crippen LogP contribution in [0.25, 0.3) is 0 Å². The molecule has 0 heteroatoms. The van der Waals surface area contributed by atoms with Crippen LogP contribution in [0.2, 0.25) is 0 Å². The minimum absolute atomic E-state index is 0.801. The normalized spacial score (nSPS) is 18.4. The van der Waals surface area contributed by atoms with Gasteiger partial charge in [0.05, 0.1) is 0 Å². The second-order valence-corrected chi connectivity index (χ2v) is 6.44. The molecule has 1 fully saturated rings. The van der Waals surface area contributed by atoms with Crippen molar-refractivity contribution >= 4 is 0 Å². The van der Waals surface area contributed by atoms with Gasteiger partial charge in [0.15, 0.2) is 0 Å². The van der Waals surface area contributed by atoms with Crippen LogP contribution in [0.15, 0.2) is 0 Å². The fourth-order valence-corrected chi connectivity index (χ4v) is 3.61. The molecule has 0 saturated heterocycles. The summed E-state index contributed by atoms with van der Waals surface area (Å²) in [6, 6.07) is 0. The Morgan fingerprint density at radius 3 is 1.88 bits per heavy atom. The Balaban J connectivity index is 2.29. The first-order valence-corrected chi connectivity index (χ1v) is 8.26. The van der Waals surface area contributed by atoms with Gasteiger partial charge in [0.2, 0.25) is 0 Å². The average molecular weight is 238 g/mol. The molecule has 0 amide bonds. The summed E-state index contributed by atoms with van der Waals surface area (Å²) < 4.78 is 0. The first-order valence-electron chi connectivity index (χ1n) is 8.26. The lowest BCUT2D eigenvalue weighted by Gasteiger charge is -2.43. The highest BCUT2D eigenvalue weighted by Gasteiger charge is 2.35. The maximum Gasteiger partial charge on any atom is -0.0297 e. The fourth-order valence-electron chi connectivity index (χ4n) is 3.61. The van der Waals surface area contributed by atoms with Crippen molar-refractivity contribution < 1.29 is 0 Å². The second kappa shape index (κ2) is 8.16. The molecular weight excluding hydrogens is 204 g/mol. The van der Waals surface area contributed by atoms with Gasteiger partial charge in [-0.05, 0) is 43.4 Å². The molecule has 0 spiro atoms. The van der Waals surface area contributed by atoms with Gasteiger partial charge in [-0.15, -0.1) is 0 Å². The van der Waals surface area contributed by atoms with E-state index in [0.29, 0.717) is 0 Å². The molecule has 102 valence electrons. The molecule has 0 aromatic heterocycles. The highest BCUT2D eigenvalue weighted by atomic mass is 14.4. The van der Waals surface area contributed by atoms with Crippen molar-refractivity contribution in [1.29, 1.82) is 0 Å². The fraction of sp³-hybridized carbons (Fsp3) is 1.00. The van der Waals surface area contributed by atoms with Crippen molar-refractivity contribution in [2.45, 2.75) is 97.8 Å². The van der Waals surface area contributed by atoms with Crippen molar-refractivity contribution in [3.63, 3.8) is 0 Å². The highest BCUT2D eigenvalue weighted by molar-refractivity contribution is 4.87. The van der Waals surface area contributed by atoms with E-state index in [2.05, 4.69) is 20.8 Å². The average Bonchev–Trinajstić information content (AvgIpc) is 2.28. The van der Waals surface area contributed by atoms with E-state index < -0.39 is 0 Å². The van der Waals surface area contributed by atoms with Crippen molar-refractivity contribution in [3.8, 4) is 0 Å². The Morgan fingerprint density at radius 2 is 1.47 bits per heavy atom. The molecule has 1 aliphatic rings. The molecule has 1 saturated carbocycles. The van der Waals surface area contributed by atoms with Gasteiger partial charge in [0.25, 0.3) is 0 Å². The third-order valence-electron chi connectivity index (χ3n) is 4.95. The van der Waals surface area contributed by atoms with Gasteiger partial charge in [-0.2, -0.15) is 0 Å². The molecule has 0 N–H and O–H groups in total. The van der Waals surface area contributed by atoms with Crippen LogP contribution in [0.1, 0.15) is 97.8 Å². The number of hydrogen-bond acceptors (Lipinski definition) is 0. The summed E-state index contributed by atoms with van der Waals surface area (Å²) in [5.41, 5.74) is 0.801. The number of unbranched alkanes of at least 4 members (excludes halogenated alkanes) is 1. The molecule has 0 aliphatic heterocycles. The van der Waals surface area contributed by atoms with Gasteiger partial charge in [0, 0.05) is 0 Å². The molecule has 0 nitrogen and oxygen atoms in total. The highest BCUT2D eigenvalue weighted by Crippen LogP contribution is 2.49. The van der Waals surface area contributed by atoms with Crippen LogP contribution in [0.4, 0.5) is 0 Å². The van der Waals surface area contributed by atoms with Gasteiger partial charge in [0.1, 0.15) is 0 Å². The van der Waals surface area contributed by atoms with E-state index in [0.717, 1.165) is 11.3 Å². The Kier molecular flexibility index (Phi) is 7.23. The van der Waals surface area contributed by atoms with E-state index in [1.807, 2.05) is 0 Å². The van der Waals surface area contributed by atoms with E-state index in [-0.39, 0.29) is 0 Å². The standard InChI is InChI=1S/C17H34/c1-4-7-12-17(13-8-14-17)15-11-16(9-5-2)10-6-3/h16H,4-15H2,1-3H3. The van der Waals surface area contributed by atoms with Gasteiger partial charge in [-0.3, -0.25) is 0 Å². The first kappa shape index (κ1) is 15.1. The molecule has 1 aliphatic carbocycles. The van der Waals surface area contributed by atoms with E-state index in [1.54, 1.807) is 0 Å². The third-order valence-corrected chi connectivity index (χ3v) is 4.95. The quantitative estimate of drug-likeness (QED) is 0.416. The van der Waals surface area contributed by atoms with E-state index in [4.69, 9.17) is 0 Å². The van der Waals surface area contributed by atoms with Crippen molar-refractivity contribution in [2.24, 2.45) is 11.3 Å². The topological polar surface area (TPSA) is 0 Å². The molecule has 0 atom stereocenters. The van der Waals surface area contributed by atoms with Gasteiger partial charge in [-0.25, -0.2) is 0 Å². The minimum atomic E-state index is 0.801. The molecule has 17 heavy (non-hydrogen) atoms. The second-order valence-electron chi connectivity index (χ2n) is 6.44. The summed E-state index contributed by atoms with van der Waals surface area (Å²) in [6.07, 6.45) is 17.7. The smallest absolute Gasteiger partial charge is 0.0297 e. The number of hydrogen-bond donors (Lipinski definition) is 0. The summed E-state index contributed by atoms with van der Waals surface area (Å²) in [7, 11) is 0. The lowest BCUT2D eigenvalue weighted by Crippen LogP contribution is -2.30. The zero-order chi connectivity index (χ0) is 12.6. The maximum absolute atomic E-state index is 2.35. The molecule has 1 rings (SSSR count). The summed E-state index contributed by atoms with van der Waals surface area (Å²) in [6.45, 7) is 7.03. The van der Waals surface area contributed by atoms with Gasteiger partial charge in [-0.1, -0.05) is 65.7 Å².